The molecule has 1 aliphatic heterocycles. The number of carboxylic acids is 1. The lowest BCUT2D eigenvalue weighted by Gasteiger charge is -2.37. The number of benzene rings is 2. The zero-order valence-corrected chi connectivity index (χ0v) is 19.8. The van der Waals surface area contributed by atoms with Gasteiger partial charge in [-0.25, -0.2) is 9.59 Å². The van der Waals surface area contributed by atoms with Crippen molar-refractivity contribution in [3.8, 4) is 11.1 Å². The molecule has 1 heterocycles. The molecule has 35 heavy (non-hydrogen) atoms. The van der Waals surface area contributed by atoms with Crippen molar-refractivity contribution in [3.63, 3.8) is 0 Å². The summed E-state index contributed by atoms with van der Waals surface area (Å²) in [5.41, 5.74) is 4.44. The number of carboxylic acid groups (broad SMARTS) is 1. The van der Waals surface area contributed by atoms with Gasteiger partial charge in [0.05, 0.1) is 6.54 Å². The monoisotopic (exact) mass is 479 g/mol. The lowest BCUT2D eigenvalue weighted by Crippen LogP contribution is -2.59. The Morgan fingerprint density at radius 2 is 1.66 bits per heavy atom. The predicted octanol–water partition coefficient (Wildman–Crippen LogP) is 2.45. The molecule has 2 aliphatic rings. The second-order valence-electron chi connectivity index (χ2n) is 8.79. The van der Waals surface area contributed by atoms with Gasteiger partial charge in [0.2, 0.25) is 11.8 Å². The number of hydrogen-bond donors (Lipinski definition) is 2. The number of carbonyl (C=O) groups is 4. The number of carbonyl (C=O) groups excluding carboxylic acids is 3. The standard InChI is InChI=1S/C26H29N3O6/c1-3-22(24(31)28-12-13-29(23(30)14-28)16(2)25(32)33)27-26(34)35-15-21-19-10-6-4-8-17(19)18-9-5-7-11-20(18)21/h4-11,16,21-22H,3,12-15H2,1-2H3,(H,27,34)(H,32,33)/t16?,22-/m1/s1. The van der Waals surface area contributed by atoms with Crippen molar-refractivity contribution >= 4 is 23.9 Å². The predicted molar refractivity (Wildman–Crippen MR) is 128 cm³/mol. The molecule has 4 rings (SSSR count). The summed E-state index contributed by atoms with van der Waals surface area (Å²) in [5.74, 6) is -2.01. The van der Waals surface area contributed by atoms with Gasteiger partial charge < -0.3 is 25.0 Å². The van der Waals surface area contributed by atoms with Crippen LogP contribution in [0, 0.1) is 0 Å². The largest absolute Gasteiger partial charge is 0.480 e. The smallest absolute Gasteiger partial charge is 0.407 e. The molecule has 1 unspecified atom stereocenters. The number of amides is 3. The third-order valence-electron chi connectivity index (χ3n) is 6.74. The summed E-state index contributed by atoms with van der Waals surface area (Å²) in [4.78, 5) is 51.8. The topological polar surface area (TPSA) is 116 Å². The van der Waals surface area contributed by atoms with Crippen LogP contribution in [0.4, 0.5) is 4.79 Å². The first-order chi connectivity index (χ1) is 16.8. The summed E-state index contributed by atoms with van der Waals surface area (Å²) in [6.45, 7) is 3.43. The van der Waals surface area contributed by atoms with Crippen molar-refractivity contribution in [2.45, 2.75) is 38.3 Å². The number of hydrogen-bond acceptors (Lipinski definition) is 5. The molecule has 0 bridgehead atoms. The van der Waals surface area contributed by atoms with Crippen LogP contribution in [0.5, 0.6) is 0 Å². The first-order valence-corrected chi connectivity index (χ1v) is 11.7. The van der Waals surface area contributed by atoms with Crippen molar-refractivity contribution in [2.24, 2.45) is 0 Å². The van der Waals surface area contributed by atoms with Crippen LogP contribution in [0.1, 0.15) is 37.3 Å². The van der Waals surface area contributed by atoms with Gasteiger partial charge in [-0.3, -0.25) is 9.59 Å². The summed E-state index contributed by atoms with van der Waals surface area (Å²) in [5, 5.41) is 11.8. The third-order valence-corrected chi connectivity index (χ3v) is 6.74. The average Bonchev–Trinajstić information content (AvgIpc) is 3.18. The molecule has 0 spiro atoms. The van der Waals surface area contributed by atoms with Crippen LogP contribution < -0.4 is 5.32 Å². The minimum Gasteiger partial charge on any atom is -0.480 e. The summed E-state index contributed by atoms with van der Waals surface area (Å²) in [6, 6.07) is 14.2. The Labute approximate surface area is 203 Å². The molecule has 9 heteroatoms. The maximum atomic E-state index is 13.0. The minimum atomic E-state index is -1.10. The van der Waals surface area contributed by atoms with Crippen LogP contribution in [0.25, 0.3) is 11.1 Å². The fraction of sp³-hybridized carbons (Fsp3) is 0.385. The fourth-order valence-electron chi connectivity index (χ4n) is 4.76. The molecule has 2 N–H and O–H groups in total. The number of rotatable bonds is 7. The molecule has 1 saturated heterocycles. The Hall–Kier alpha value is -3.88. The number of piperazine rings is 1. The van der Waals surface area contributed by atoms with E-state index in [1.807, 2.05) is 36.4 Å². The van der Waals surface area contributed by atoms with Crippen LogP contribution in [0.3, 0.4) is 0 Å². The van der Waals surface area contributed by atoms with Crippen LogP contribution in [0.2, 0.25) is 0 Å². The molecule has 0 aromatic heterocycles. The third kappa shape index (κ3) is 4.84. The van der Waals surface area contributed by atoms with E-state index in [1.54, 1.807) is 6.92 Å². The van der Waals surface area contributed by atoms with E-state index in [0.717, 1.165) is 22.3 Å². The van der Waals surface area contributed by atoms with Gasteiger partial charge in [0.15, 0.2) is 0 Å². The highest BCUT2D eigenvalue weighted by atomic mass is 16.5. The molecule has 1 fully saturated rings. The van der Waals surface area contributed by atoms with E-state index in [0.29, 0.717) is 6.42 Å². The first-order valence-electron chi connectivity index (χ1n) is 11.7. The number of fused-ring (bicyclic) bond motifs is 3. The van der Waals surface area contributed by atoms with Crippen molar-refractivity contribution in [1.29, 1.82) is 0 Å². The van der Waals surface area contributed by atoms with Crippen LogP contribution in [0.15, 0.2) is 48.5 Å². The van der Waals surface area contributed by atoms with Crippen LogP contribution in [-0.2, 0) is 19.1 Å². The van der Waals surface area contributed by atoms with E-state index < -0.39 is 36.0 Å². The zero-order valence-electron chi connectivity index (χ0n) is 19.8. The number of aliphatic carboxylic acids is 1. The fourth-order valence-corrected chi connectivity index (χ4v) is 4.76. The summed E-state index contributed by atoms with van der Waals surface area (Å²) in [7, 11) is 0. The zero-order chi connectivity index (χ0) is 25.1. The van der Waals surface area contributed by atoms with Crippen molar-refractivity contribution in [2.75, 3.05) is 26.2 Å². The van der Waals surface area contributed by atoms with Gasteiger partial charge in [0.1, 0.15) is 18.7 Å². The highest BCUT2D eigenvalue weighted by Gasteiger charge is 2.35. The van der Waals surface area contributed by atoms with Crippen LogP contribution >= 0.6 is 0 Å². The molecule has 3 amide bonds. The summed E-state index contributed by atoms with van der Waals surface area (Å²) >= 11 is 0. The minimum absolute atomic E-state index is 0.0918. The molecular formula is C26H29N3O6. The molecular weight excluding hydrogens is 450 g/mol. The highest BCUT2D eigenvalue weighted by Crippen LogP contribution is 2.44. The van der Waals surface area contributed by atoms with Gasteiger partial charge in [-0.05, 0) is 35.6 Å². The Morgan fingerprint density at radius 1 is 1.06 bits per heavy atom. The SMILES string of the molecule is CC[C@@H](NC(=O)OCC1c2ccccc2-c2ccccc21)C(=O)N1CCN(C(C)C(=O)O)C(=O)C1. The quantitative estimate of drug-likeness (QED) is 0.630. The summed E-state index contributed by atoms with van der Waals surface area (Å²) < 4.78 is 5.54. The Balaban J connectivity index is 1.35. The molecule has 9 nitrogen and oxygen atoms in total. The summed E-state index contributed by atoms with van der Waals surface area (Å²) in [6.07, 6.45) is -0.375. The Morgan fingerprint density at radius 3 is 2.20 bits per heavy atom. The first kappa shape index (κ1) is 24.3. The Kier molecular flexibility index (Phi) is 7.04. The van der Waals surface area contributed by atoms with E-state index in [4.69, 9.17) is 9.84 Å². The maximum absolute atomic E-state index is 13.0. The van der Waals surface area contributed by atoms with E-state index in [2.05, 4.69) is 17.4 Å². The molecule has 2 atom stereocenters. The van der Waals surface area contributed by atoms with Crippen LogP contribution in [-0.4, -0.2) is 77.1 Å². The molecule has 0 radical (unpaired) electrons. The van der Waals surface area contributed by atoms with E-state index in [1.165, 1.54) is 16.7 Å². The second kappa shape index (κ2) is 10.2. The van der Waals surface area contributed by atoms with Gasteiger partial charge in [0, 0.05) is 19.0 Å². The molecule has 184 valence electrons. The molecule has 2 aromatic carbocycles. The normalized spacial score (nSPS) is 16.8. The Bertz CT molecular complexity index is 1100. The second-order valence-corrected chi connectivity index (χ2v) is 8.79. The number of nitrogens with zero attached hydrogens (tertiary/aromatic N) is 2. The maximum Gasteiger partial charge on any atom is 0.407 e. The van der Waals surface area contributed by atoms with Gasteiger partial charge >= 0.3 is 12.1 Å². The van der Waals surface area contributed by atoms with Crippen molar-refractivity contribution < 1.29 is 29.0 Å². The van der Waals surface area contributed by atoms with E-state index in [9.17, 15) is 19.2 Å². The lowest BCUT2D eigenvalue weighted by atomic mass is 9.98. The van der Waals surface area contributed by atoms with E-state index >= 15 is 0 Å². The average molecular weight is 480 g/mol. The van der Waals surface area contributed by atoms with Crippen molar-refractivity contribution in [1.82, 2.24) is 15.1 Å². The molecule has 0 saturated carbocycles. The van der Waals surface area contributed by atoms with Gasteiger partial charge in [-0.2, -0.15) is 0 Å². The highest BCUT2D eigenvalue weighted by molar-refractivity contribution is 5.92. The number of ether oxygens (including phenoxy) is 1. The molecule has 1 aliphatic carbocycles. The van der Waals surface area contributed by atoms with Gasteiger partial charge in [0.25, 0.3) is 0 Å². The van der Waals surface area contributed by atoms with Crippen molar-refractivity contribution in [3.05, 3.63) is 59.7 Å². The van der Waals surface area contributed by atoms with Gasteiger partial charge in [-0.1, -0.05) is 55.5 Å². The molecule has 2 aromatic rings. The number of nitrogens with one attached hydrogen (secondary N) is 1. The lowest BCUT2D eigenvalue weighted by molar-refractivity contribution is -0.155. The number of alkyl carbamates (subject to hydrolysis) is 1. The van der Waals surface area contributed by atoms with Gasteiger partial charge in [-0.15, -0.1) is 0 Å². The van der Waals surface area contributed by atoms with E-state index in [-0.39, 0.29) is 32.2 Å².